The van der Waals surface area contributed by atoms with Crippen molar-refractivity contribution >= 4 is 11.6 Å². The van der Waals surface area contributed by atoms with Crippen LogP contribution in [0.1, 0.15) is 59.3 Å². The Balaban J connectivity index is 1.44. The van der Waals surface area contributed by atoms with Crippen LogP contribution in [0.3, 0.4) is 0 Å². The minimum atomic E-state index is -0.00176. The fraction of sp³-hybridized carbons (Fsp3) is 0.458. The number of nitrogens with one attached hydrogen (secondary N) is 1. The Morgan fingerprint density at radius 1 is 1.04 bits per heavy atom. The van der Waals surface area contributed by atoms with Crippen LogP contribution in [0.5, 0.6) is 0 Å². The van der Waals surface area contributed by atoms with Crippen molar-refractivity contribution in [1.29, 1.82) is 0 Å². The van der Waals surface area contributed by atoms with Crippen LogP contribution in [0.15, 0.2) is 42.5 Å². The lowest BCUT2D eigenvalue weighted by atomic mass is 9.88. The molecular weight excluding hydrogens is 348 g/mol. The largest absolute Gasteiger partial charge is 0.378 e. The van der Waals surface area contributed by atoms with Gasteiger partial charge in [-0.05, 0) is 73.1 Å². The summed E-state index contributed by atoms with van der Waals surface area (Å²) in [5.41, 5.74) is 6.04. The summed E-state index contributed by atoms with van der Waals surface area (Å²) in [7, 11) is 0. The van der Waals surface area contributed by atoms with E-state index < -0.39 is 0 Å². The molecule has 0 aromatic heterocycles. The topological polar surface area (TPSA) is 41.6 Å². The molecule has 2 aromatic rings. The van der Waals surface area contributed by atoms with Crippen molar-refractivity contribution in [2.24, 2.45) is 0 Å². The van der Waals surface area contributed by atoms with E-state index in [0.29, 0.717) is 5.56 Å². The second-order valence-corrected chi connectivity index (χ2v) is 7.82. The third-order valence-electron chi connectivity index (χ3n) is 5.99. The lowest BCUT2D eigenvalue weighted by Gasteiger charge is -2.29. The molecular formula is C24H30N2O2. The average molecular weight is 379 g/mol. The lowest BCUT2D eigenvalue weighted by Crippen LogP contribution is -2.36. The molecule has 1 aliphatic carbocycles. The maximum Gasteiger partial charge on any atom is 0.251 e. The zero-order chi connectivity index (χ0) is 19.3. The Bertz CT molecular complexity index is 810. The van der Waals surface area contributed by atoms with E-state index in [9.17, 15) is 4.79 Å². The number of aryl methyl sites for hydroxylation is 2. The van der Waals surface area contributed by atoms with Crippen molar-refractivity contribution in [3.05, 3.63) is 64.7 Å². The van der Waals surface area contributed by atoms with Gasteiger partial charge in [0.1, 0.15) is 0 Å². The van der Waals surface area contributed by atoms with Gasteiger partial charge in [-0.15, -0.1) is 0 Å². The van der Waals surface area contributed by atoms with Crippen LogP contribution in [-0.2, 0) is 17.6 Å². The molecule has 1 fully saturated rings. The molecule has 28 heavy (non-hydrogen) atoms. The number of carbonyl (C=O) groups excluding carboxylic acids is 1. The van der Waals surface area contributed by atoms with E-state index in [2.05, 4.69) is 35.3 Å². The molecule has 1 saturated heterocycles. The molecule has 4 heteroatoms. The highest BCUT2D eigenvalue weighted by Crippen LogP contribution is 2.26. The molecule has 1 aliphatic heterocycles. The molecule has 0 spiro atoms. The molecule has 1 unspecified atom stereocenters. The number of ether oxygens (including phenoxy) is 1. The van der Waals surface area contributed by atoms with Crippen LogP contribution < -0.4 is 10.2 Å². The second kappa shape index (κ2) is 8.78. The van der Waals surface area contributed by atoms with E-state index in [4.69, 9.17) is 4.74 Å². The van der Waals surface area contributed by atoms with Crippen molar-refractivity contribution in [2.45, 2.75) is 45.1 Å². The smallest absolute Gasteiger partial charge is 0.251 e. The summed E-state index contributed by atoms with van der Waals surface area (Å²) >= 11 is 0. The highest BCUT2D eigenvalue weighted by molar-refractivity contribution is 5.94. The number of fused-ring (bicyclic) bond motifs is 1. The minimum Gasteiger partial charge on any atom is -0.378 e. The quantitative estimate of drug-likeness (QED) is 0.844. The van der Waals surface area contributed by atoms with Gasteiger partial charge < -0.3 is 15.0 Å². The van der Waals surface area contributed by atoms with Gasteiger partial charge in [-0.2, -0.15) is 0 Å². The summed E-state index contributed by atoms with van der Waals surface area (Å²) in [6.45, 7) is 5.47. The fourth-order valence-electron chi connectivity index (χ4n) is 4.28. The molecule has 1 heterocycles. The van der Waals surface area contributed by atoms with Gasteiger partial charge in [0.2, 0.25) is 0 Å². The van der Waals surface area contributed by atoms with E-state index >= 15 is 0 Å². The average Bonchev–Trinajstić information content (AvgIpc) is 2.77. The Hall–Kier alpha value is -2.33. The van der Waals surface area contributed by atoms with Gasteiger partial charge in [-0.25, -0.2) is 0 Å². The van der Waals surface area contributed by atoms with Crippen molar-refractivity contribution in [3.8, 4) is 0 Å². The first-order valence-electron chi connectivity index (χ1n) is 10.6. The van der Waals surface area contributed by atoms with Gasteiger partial charge in [0.05, 0.1) is 19.3 Å². The summed E-state index contributed by atoms with van der Waals surface area (Å²) in [5.74, 6) is -0.00176. The summed E-state index contributed by atoms with van der Waals surface area (Å²) in [5, 5.41) is 3.23. The van der Waals surface area contributed by atoms with Crippen LogP contribution in [0, 0.1) is 0 Å². The van der Waals surface area contributed by atoms with Crippen LogP contribution in [0.4, 0.5) is 5.69 Å². The molecule has 1 amide bonds. The lowest BCUT2D eigenvalue weighted by molar-refractivity contribution is 0.0935. The molecule has 4 nitrogen and oxygen atoms in total. The van der Waals surface area contributed by atoms with Crippen LogP contribution in [-0.4, -0.2) is 32.2 Å². The third kappa shape index (κ3) is 4.22. The van der Waals surface area contributed by atoms with E-state index in [1.807, 2.05) is 24.3 Å². The number of rotatable bonds is 5. The fourth-order valence-corrected chi connectivity index (χ4v) is 4.28. The SMILES string of the molecule is CCC(NC(=O)c1ccc(N2CCOCC2)cc1)c1ccc2c(c1)CCCC2. The third-order valence-corrected chi connectivity index (χ3v) is 5.99. The molecule has 2 aromatic carbocycles. The summed E-state index contributed by atoms with van der Waals surface area (Å²) in [6, 6.07) is 14.8. The highest BCUT2D eigenvalue weighted by atomic mass is 16.5. The van der Waals surface area contributed by atoms with Gasteiger partial charge in [0.25, 0.3) is 5.91 Å². The summed E-state index contributed by atoms with van der Waals surface area (Å²) in [4.78, 5) is 15.1. The normalized spacial score (nSPS) is 17.7. The van der Waals surface area contributed by atoms with E-state index in [1.54, 1.807) is 0 Å². The van der Waals surface area contributed by atoms with E-state index in [1.165, 1.54) is 36.0 Å². The molecule has 148 valence electrons. The molecule has 0 radical (unpaired) electrons. The van der Waals surface area contributed by atoms with Gasteiger partial charge in [0, 0.05) is 24.3 Å². The van der Waals surface area contributed by atoms with Crippen LogP contribution in [0.2, 0.25) is 0 Å². The maximum atomic E-state index is 12.8. The first-order valence-corrected chi connectivity index (χ1v) is 10.6. The first kappa shape index (κ1) is 19.0. The second-order valence-electron chi connectivity index (χ2n) is 7.82. The number of anilines is 1. The minimum absolute atomic E-state index is 0.00176. The molecule has 1 atom stereocenters. The zero-order valence-corrected chi connectivity index (χ0v) is 16.7. The number of carbonyl (C=O) groups is 1. The van der Waals surface area contributed by atoms with Crippen LogP contribution in [0.25, 0.3) is 0 Å². The molecule has 1 N–H and O–H groups in total. The van der Waals surface area contributed by atoms with Gasteiger partial charge in [0.15, 0.2) is 0 Å². The summed E-state index contributed by atoms with van der Waals surface area (Å²) in [6.07, 6.45) is 5.80. The van der Waals surface area contributed by atoms with Crippen molar-refractivity contribution < 1.29 is 9.53 Å². The van der Waals surface area contributed by atoms with Gasteiger partial charge in [-0.1, -0.05) is 25.1 Å². The molecule has 0 bridgehead atoms. The molecule has 2 aliphatic rings. The number of nitrogens with zero attached hydrogens (tertiary/aromatic N) is 1. The Kier molecular flexibility index (Phi) is 5.96. The van der Waals surface area contributed by atoms with Gasteiger partial charge >= 0.3 is 0 Å². The van der Waals surface area contributed by atoms with Crippen molar-refractivity contribution in [3.63, 3.8) is 0 Å². The predicted octanol–water partition coefficient (Wildman–Crippen LogP) is 4.28. The Labute approximate surface area is 167 Å². The summed E-state index contributed by atoms with van der Waals surface area (Å²) < 4.78 is 5.41. The highest BCUT2D eigenvalue weighted by Gasteiger charge is 2.18. The number of benzene rings is 2. The monoisotopic (exact) mass is 378 g/mol. The van der Waals surface area contributed by atoms with Crippen LogP contribution >= 0.6 is 0 Å². The number of hydrogen-bond acceptors (Lipinski definition) is 3. The molecule has 0 saturated carbocycles. The van der Waals surface area contributed by atoms with E-state index in [0.717, 1.165) is 44.8 Å². The standard InChI is InChI=1S/C24H30N2O2/c1-2-23(21-8-7-18-5-3-4-6-20(18)17-21)25-24(27)19-9-11-22(12-10-19)26-13-15-28-16-14-26/h7-12,17,23H,2-6,13-16H2,1H3,(H,25,27). The Morgan fingerprint density at radius 2 is 1.75 bits per heavy atom. The first-order chi connectivity index (χ1) is 13.7. The number of amides is 1. The predicted molar refractivity (Wildman–Crippen MR) is 113 cm³/mol. The Morgan fingerprint density at radius 3 is 2.46 bits per heavy atom. The van der Waals surface area contributed by atoms with E-state index in [-0.39, 0.29) is 11.9 Å². The number of hydrogen-bond donors (Lipinski definition) is 1. The number of morpholine rings is 1. The van der Waals surface area contributed by atoms with Crippen molar-refractivity contribution in [2.75, 3.05) is 31.2 Å². The van der Waals surface area contributed by atoms with Crippen molar-refractivity contribution in [1.82, 2.24) is 5.32 Å². The maximum absolute atomic E-state index is 12.8. The zero-order valence-electron chi connectivity index (χ0n) is 16.7. The van der Waals surface area contributed by atoms with Gasteiger partial charge in [-0.3, -0.25) is 4.79 Å². The molecule has 4 rings (SSSR count).